The van der Waals surface area contributed by atoms with E-state index in [0.29, 0.717) is 23.2 Å². The summed E-state index contributed by atoms with van der Waals surface area (Å²) in [5.74, 6) is 1.87. The summed E-state index contributed by atoms with van der Waals surface area (Å²) < 4.78 is 21.5. The zero-order valence-corrected chi connectivity index (χ0v) is 41.7. The lowest BCUT2D eigenvalue weighted by Gasteiger charge is -2.45. The van der Waals surface area contributed by atoms with Crippen LogP contribution in [0.25, 0.3) is 0 Å². The molecule has 4 aliphatic carbocycles. The van der Waals surface area contributed by atoms with Crippen LogP contribution < -0.4 is 0 Å². The molecule has 4 fully saturated rings. The molecule has 0 aromatic carbocycles. The normalized spacial score (nSPS) is 31.5. The zero-order chi connectivity index (χ0) is 40.9. The van der Waals surface area contributed by atoms with E-state index in [1.54, 1.807) is 5.57 Å². The van der Waals surface area contributed by atoms with Crippen molar-refractivity contribution >= 4 is 25.0 Å². The quantitative estimate of drug-likeness (QED) is 0.145. The number of hydrogen-bond donors (Lipinski definition) is 0. The summed E-state index contributed by atoms with van der Waals surface area (Å²) >= 11 is 0. The van der Waals surface area contributed by atoms with Gasteiger partial charge in [-0.25, -0.2) is 0 Å². The summed E-state index contributed by atoms with van der Waals surface area (Å²) in [7, 11) is -5.86. The van der Waals surface area contributed by atoms with Crippen molar-refractivity contribution in [1.29, 1.82) is 0 Å². The average molecular weight is 795 g/mol. The van der Waals surface area contributed by atoms with Crippen LogP contribution in [-0.2, 0) is 13.3 Å². The summed E-state index contributed by atoms with van der Waals surface area (Å²) in [6, 6.07) is 0. The Kier molecular flexibility index (Phi) is 13.7. The molecule has 4 aliphatic rings. The van der Waals surface area contributed by atoms with Crippen LogP contribution in [-0.4, -0.2) is 43.3 Å². The molecule has 0 aromatic rings. The first-order chi connectivity index (χ1) is 24.5. The van der Waals surface area contributed by atoms with E-state index in [-0.39, 0.29) is 38.8 Å². The average Bonchev–Trinajstić information content (AvgIpc) is 3.70. The van der Waals surface area contributed by atoms with Crippen LogP contribution in [0.1, 0.15) is 141 Å². The van der Waals surface area contributed by atoms with E-state index >= 15 is 0 Å². The predicted octanol–water partition coefficient (Wildman–Crippen LogP) is 15.1. The minimum Gasteiger partial charge on any atom is -0.413 e. The lowest BCUT2D eigenvalue weighted by Crippen LogP contribution is -2.49. The van der Waals surface area contributed by atoms with Crippen molar-refractivity contribution in [2.45, 2.75) is 214 Å². The van der Waals surface area contributed by atoms with Crippen LogP contribution in [0.5, 0.6) is 0 Å². The lowest BCUT2D eigenvalue weighted by atomic mass is 9.61. The number of allylic oxidation sites excluding steroid dienone is 5. The molecule has 6 heteroatoms. The molecule has 0 amide bonds. The molecule has 54 heavy (non-hydrogen) atoms. The molecule has 308 valence electrons. The molecule has 0 unspecified atom stereocenters. The molecule has 0 aromatic heterocycles. The Morgan fingerprint density at radius 2 is 1.35 bits per heavy atom. The van der Waals surface area contributed by atoms with Gasteiger partial charge in [0.1, 0.15) is 0 Å². The minimum absolute atomic E-state index is 0.0196. The van der Waals surface area contributed by atoms with Gasteiger partial charge in [0, 0.05) is 11.8 Å². The molecule has 4 rings (SSSR count). The van der Waals surface area contributed by atoms with Gasteiger partial charge in [-0.15, -0.1) is 0 Å². The largest absolute Gasteiger partial charge is 0.413 e. The molecule has 0 bridgehead atoms. The van der Waals surface area contributed by atoms with Gasteiger partial charge in [-0.3, -0.25) is 0 Å². The van der Waals surface area contributed by atoms with Crippen LogP contribution in [0.3, 0.4) is 0 Å². The van der Waals surface area contributed by atoms with Crippen LogP contribution in [0.4, 0.5) is 0 Å². The van der Waals surface area contributed by atoms with Crippen molar-refractivity contribution in [3.8, 4) is 0 Å². The highest BCUT2D eigenvalue weighted by Gasteiger charge is 2.53. The number of fused-ring (bicyclic) bond motifs is 1. The van der Waals surface area contributed by atoms with Gasteiger partial charge in [-0.2, -0.15) is 0 Å². The van der Waals surface area contributed by atoms with Gasteiger partial charge in [0.25, 0.3) is 0 Å². The van der Waals surface area contributed by atoms with Crippen molar-refractivity contribution in [2.75, 3.05) is 0 Å². The molecule has 3 nitrogen and oxygen atoms in total. The Balaban J connectivity index is 1.59. The summed E-state index contributed by atoms with van der Waals surface area (Å²) in [5, 5.41) is 0.519. The molecule has 0 spiro atoms. The summed E-state index contributed by atoms with van der Waals surface area (Å²) in [5.41, 5.74) is 4.72. The van der Waals surface area contributed by atoms with Crippen molar-refractivity contribution < 1.29 is 13.3 Å². The van der Waals surface area contributed by atoms with Crippen molar-refractivity contribution in [3.63, 3.8) is 0 Å². The third-order valence-corrected chi connectivity index (χ3v) is 29.6. The molecule has 0 heterocycles. The van der Waals surface area contributed by atoms with Crippen molar-refractivity contribution in [3.05, 3.63) is 59.8 Å². The second-order valence-electron chi connectivity index (χ2n) is 23.1. The highest BCUT2D eigenvalue weighted by Crippen LogP contribution is 2.60. The van der Waals surface area contributed by atoms with Gasteiger partial charge in [0.15, 0.2) is 25.0 Å². The second kappa shape index (κ2) is 16.1. The molecule has 0 N–H and O–H groups in total. The van der Waals surface area contributed by atoms with E-state index in [9.17, 15) is 0 Å². The smallest absolute Gasteiger partial charge is 0.192 e. The Morgan fingerprint density at radius 1 is 0.778 bits per heavy atom. The van der Waals surface area contributed by atoms with Crippen LogP contribution in [0.15, 0.2) is 59.8 Å². The zero-order valence-electron chi connectivity index (χ0n) is 38.7. The maximum absolute atomic E-state index is 7.21. The Morgan fingerprint density at radius 3 is 1.89 bits per heavy atom. The first kappa shape index (κ1) is 45.9. The Hall–Kier alpha value is -0.769. The van der Waals surface area contributed by atoms with E-state index in [0.717, 1.165) is 12.8 Å². The van der Waals surface area contributed by atoms with Crippen LogP contribution >= 0.6 is 0 Å². The van der Waals surface area contributed by atoms with E-state index in [1.807, 2.05) is 0 Å². The fourth-order valence-electron chi connectivity index (χ4n) is 9.18. The van der Waals surface area contributed by atoms with Gasteiger partial charge in [0.2, 0.25) is 0 Å². The SMILES string of the molecule is C=C1/C(=C\C=C2/CCC[C@]3(C)[C@@H]([C@H](C)/C=C/[C@@H](O[Si](C)(C)C(C)(C)C)C4(/C=C/C)CC4)CC[C@@H]23)C[C@@H](O[Si](C)(C)C(C)(C)C)C[C@@H]1O[Si](C)(C)C(C)(C)C. The Labute approximate surface area is 338 Å². The van der Waals surface area contributed by atoms with Gasteiger partial charge in [-0.05, 0) is 147 Å². The molecule has 7 atom stereocenters. The second-order valence-corrected chi connectivity index (χ2v) is 37.4. The lowest BCUT2D eigenvalue weighted by molar-refractivity contribution is 0.0969. The van der Waals surface area contributed by atoms with Crippen LogP contribution in [0, 0.1) is 28.6 Å². The minimum atomic E-state index is -2.00. The molecular weight excluding hydrogens is 709 g/mol. The first-order valence-electron chi connectivity index (χ1n) is 21.9. The van der Waals surface area contributed by atoms with Gasteiger partial charge >= 0.3 is 0 Å². The summed E-state index contributed by atoms with van der Waals surface area (Å²) in [6.07, 6.45) is 25.9. The van der Waals surface area contributed by atoms with E-state index in [4.69, 9.17) is 19.9 Å². The summed E-state index contributed by atoms with van der Waals surface area (Å²) in [4.78, 5) is 0. The monoisotopic (exact) mass is 795 g/mol. The maximum atomic E-state index is 7.21. The topological polar surface area (TPSA) is 27.7 Å². The van der Waals surface area contributed by atoms with Gasteiger partial charge in [0.05, 0.1) is 18.3 Å². The predicted molar refractivity (Wildman–Crippen MR) is 244 cm³/mol. The number of rotatable bonds is 12. The molecule has 4 saturated carbocycles. The highest BCUT2D eigenvalue weighted by molar-refractivity contribution is 6.75. The van der Waals surface area contributed by atoms with Crippen molar-refractivity contribution in [2.24, 2.45) is 28.6 Å². The summed E-state index contributed by atoms with van der Waals surface area (Å²) in [6.45, 7) is 47.7. The van der Waals surface area contributed by atoms with E-state index < -0.39 is 25.0 Å². The highest BCUT2D eigenvalue weighted by atomic mass is 28.4. The van der Waals surface area contributed by atoms with Crippen molar-refractivity contribution in [1.82, 2.24) is 0 Å². The number of hydrogen-bond acceptors (Lipinski definition) is 3. The molecule has 0 radical (unpaired) electrons. The fourth-order valence-corrected chi connectivity index (χ4v) is 13.2. The van der Waals surface area contributed by atoms with Crippen LogP contribution in [0.2, 0.25) is 54.4 Å². The molecule has 0 saturated heterocycles. The third-order valence-electron chi connectivity index (χ3n) is 16.1. The standard InChI is InChI=1S/C48H86O3Si3/c1-20-29-48(31-32-48)43(51-54(18,19)46(10,11)12)28-23-35(2)40-26-27-41-37(22-21-30-47(40,41)13)24-25-38-33-39(49-52(14,15)44(4,5)6)34-42(36(38)3)50-53(16,17)45(7,8)9/h20,23-25,28-29,35,39-43H,3,21-22,26-27,30-34H2,1-2,4-19H3/b28-23+,29-20+,37-24+,38-25-/t35-,39-,40-,41+,42+,43-,47-/m1/s1. The van der Waals surface area contributed by atoms with E-state index in [2.05, 4.69) is 159 Å². The third kappa shape index (κ3) is 9.91. The Bertz CT molecular complexity index is 1450. The van der Waals surface area contributed by atoms with Gasteiger partial charge < -0.3 is 13.3 Å². The fraction of sp³-hybridized carbons (Fsp3) is 0.792. The maximum Gasteiger partial charge on any atom is 0.192 e. The first-order valence-corrected chi connectivity index (χ1v) is 30.7. The molecule has 0 aliphatic heterocycles. The van der Waals surface area contributed by atoms with E-state index in [1.165, 1.54) is 56.1 Å². The molecular formula is C48H86O3Si3. The van der Waals surface area contributed by atoms with Gasteiger partial charge in [-0.1, -0.05) is 125 Å².